The van der Waals surface area contributed by atoms with Crippen LogP contribution >= 0.6 is 11.8 Å². The Labute approximate surface area is 216 Å². The van der Waals surface area contributed by atoms with E-state index in [1.807, 2.05) is 19.9 Å². The second-order valence-electron chi connectivity index (χ2n) is 9.55. The van der Waals surface area contributed by atoms with Crippen LogP contribution in [-0.4, -0.2) is 81.5 Å². The van der Waals surface area contributed by atoms with E-state index in [1.165, 1.54) is 22.8 Å². The fourth-order valence-electron chi connectivity index (χ4n) is 4.52. The van der Waals surface area contributed by atoms with Crippen molar-refractivity contribution < 1.29 is 29.2 Å². The summed E-state index contributed by atoms with van der Waals surface area (Å²) in [6.07, 6.45) is 0.565. The van der Waals surface area contributed by atoms with Crippen LogP contribution in [0.25, 0.3) is 5.57 Å². The largest absolute Gasteiger partial charge is 0.394 e. The minimum atomic E-state index is -1.05. The van der Waals surface area contributed by atoms with Crippen LogP contribution in [0, 0.1) is 25.6 Å². The molecule has 0 aliphatic carbocycles. The number of rotatable bonds is 7. The van der Waals surface area contributed by atoms with Crippen LogP contribution in [0.4, 0.5) is 4.39 Å². The molecule has 0 radical (unpaired) electrons. The lowest BCUT2D eigenvalue weighted by Crippen LogP contribution is -2.57. The summed E-state index contributed by atoms with van der Waals surface area (Å²) in [5.41, 5.74) is 2.58. The van der Waals surface area contributed by atoms with E-state index >= 15 is 0 Å². The number of benzene rings is 1. The molecule has 1 unspecified atom stereocenters. The number of allylic oxidation sites excluding steroid dienone is 1. The van der Waals surface area contributed by atoms with E-state index < -0.39 is 41.3 Å². The maximum Gasteiger partial charge on any atom is 0.127 e. The van der Waals surface area contributed by atoms with Crippen LogP contribution < -0.4 is 5.84 Å². The number of thioether (sulfide) groups is 1. The number of nitrogens with zero attached hydrogens (tertiary/aromatic N) is 2. The molecule has 2 fully saturated rings. The zero-order valence-electron chi connectivity index (χ0n) is 21.5. The quantitative estimate of drug-likeness (QED) is 0.186. The first-order valence-corrected chi connectivity index (χ1v) is 13.0. The number of hydrogen-bond acceptors (Lipinski definition) is 9. The molecule has 8 atom stereocenters. The summed E-state index contributed by atoms with van der Waals surface area (Å²) in [5, 5.41) is 32.6. The van der Waals surface area contributed by atoms with Gasteiger partial charge in [-0.05, 0) is 61.6 Å². The van der Waals surface area contributed by atoms with Gasteiger partial charge in [0, 0.05) is 31.8 Å². The summed E-state index contributed by atoms with van der Waals surface area (Å²) in [7, 11) is 1.64. The summed E-state index contributed by atoms with van der Waals surface area (Å²) < 4.78 is 26.2. The van der Waals surface area contributed by atoms with E-state index in [4.69, 9.17) is 15.3 Å². The second kappa shape index (κ2) is 12.2. The molecule has 10 heteroatoms. The van der Waals surface area contributed by atoms with Crippen molar-refractivity contribution in [3.05, 3.63) is 53.0 Å². The highest BCUT2D eigenvalue weighted by atomic mass is 32.2. The Morgan fingerprint density at radius 3 is 2.61 bits per heavy atom. The summed E-state index contributed by atoms with van der Waals surface area (Å²) >= 11 is 1.36. The van der Waals surface area contributed by atoms with E-state index in [9.17, 15) is 19.7 Å². The number of nitrogens with two attached hydrogens (primary N) is 1. The number of ether oxygens (including phenoxy) is 2. The Morgan fingerprint density at radius 1 is 1.31 bits per heavy atom. The molecule has 1 aromatic carbocycles. The molecule has 200 valence electrons. The minimum Gasteiger partial charge on any atom is -0.394 e. The molecule has 0 saturated carbocycles. The lowest BCUT2D eigenvalue weighted by molar-refractivity contribution is -0.138. The lowest BCUT2D eigenvalue weighted by atomic mass is 9.90. The van der Waals surface area contributed by atoms with Gasteiger partial charge in [0.1, 0.15) is 28.9 Å². The third kappa shape index (κ3) is 6.19. The van der Waals surface area contributed by atoms with E-state index in [-0.39, 0.29) is 18.3 Å². The highest BCUT2D eigenvalue weighted by Crippen LogP contribution is 2.40. The maximum atomic E-state index is 14.3. The van der Waals surface area contributed by atoms with Crippen LogP contribution in [0.1, 0.15) is 37.0 Å². The molecule has 36 heavy (non-hydrogen) atoms. The lowest BCUT2D eigenvalue weighted by Gasteiger charge is -2.44. The summed E-state index contributed by atoms with van der Waals surface area (Å²) in [4.78, 5) is 4.05. The first-order valence-electron chi connectivity index (χ1n) is 12.0. The molecule has 2 heterocycles. The van der Waals surface area contributed by atoms with Gasteiger partial charge in [0.25, 0.3) is 0 Å². The SMILES string of the molecule is C=C1C(C=NC)[C@@H](O)[C@@H](C)O[C@H]1S[C@H]1C[C@@H](N(N)/C=C(\C)c2cc(C)c(C)c(F)c2)[C@@H](O)[C@@H](CO)O1. The van der Waals surface area contributed by atoms with Crippen LogP contribution in [0.2, 0.25) is 0 Å². The number of aliphatic hydroxyl groups is 3. The van der Waals surface area contributed by atoms with Crippen LogP contribution in [-0.2, 0) is 9.47 Å². The Kier molecular flexibility index (Phi) is 9.73. The average molecular weight is 524 g/mol. The molecule has 0 spiro atoms. The monoisotopic (exact) mass is 523 g/mol. The number of halogens is 1. The molecular formula is C26H38FN3O5S. The van der Waals surface area contributed by atoms with Crippen molar-refractivity contribution >= 4 is 23.5 Å². The summed E-state index contributed by atoms with van der Waals surface area (Å²) in [5.74, 6) is 5.74. The van der Waals surface area contributed by atoms with E-state index in [0.29, 0.717) is 23.1 Å². The van der Waals surface area contributed by atoms with Crippen molar-refractivity contribution in [3.8, 4) is 0 Å². The van der Waals surface area contributed by atoms with Crippen molar-refractivity contribution in [1.82, 2.24) is 5.01 Å². The van der Waals surface area contributed by atoms with Crippen molar-refractivity contribution in [2.24, 2.45) is 16.8 Å². The highest BCUT2D eigenvalue weighted by molar-refractivity contribution is 8.00. The standard InChI is InChI=1S/C26H38FN3O5S/c1-13-7-18(8-20(27)15(13)3)14(2)11-30(28)21-9-23(35-22(12-31)25(21)33)36-26-16(4)19(10-29-6)24(32)17(5)34-26/h7-8,10-11,17,19,21-26,31-33H,4,9,12,28H2,1-3,5-6H3/b14-11+,29-10?/t17-,19?,21-,22-,23+,24+,25-,26+/m1/s1. The number of hydrazine groups is 1. The Morgan fingerprint density at radius 2 is 2.00 bits per heavy atom. The second-order valence-corrected chi connectivity index (χ2v) is 10.8. The van der Waals surface area contributed by atoms with Crippen LogP contribution in [0.15, 0.2) is 35.5 Å². The Balaban J connectivity index is 1.79. The summed E-state index contributed by atoms with van der Waals surface area (Å²) in [6, 6.07) is 2.79. The number of hydrogen-bond donors (Lipinski definition) is 4. The van der Waals surface area contributed by atoms with Gasteiger partial charge in [-0.15, -0.1) is 0 Å². The molecule has 1 aromatic rings. The molecule has 0 bridgehead atoms. The van der Waals surface area contributed by atoms with Crippen LogP contribution in [0.5, 0.6) is 0 Å². The molecule has 3 rings (SSSR count). The average Bonchev–Trinajstić information content (AvgIpc) is 2.83. The highest BCUT2D eigenvalue weighted by Gasteiger charge is 2.43. The van der Waals surface area contributed by atoms with Gasteiger partial charge in [-0.2, -0.15) is 0 Å². The van der Waals surface area contributed by atoms with Crippen molar-refractivity contribution in [3.63, 3.8) is 0 Å². The van der Waals surface area contributed by atoms with Gasteiger partial charge in [0.2, 0.25) is 0 Å². The molecule has 2 aliphatic heterocycles. The van der Waals surface area contributed by atoms with Gasteiger partial charge in [0.05, 0.1) is 24.9 Å². The number of aliphatic hydroxyl groups excluding tert-OH is 3. The van der Waals surface area contributed by atoms with Gasteiger partial charge in [-0.3, -0.25) is 0 Å². The van der Waals surface area contributed by atoms with Crippen molar-refractivity contribution in [2.45, 2.75) is 75.4 Å². The van der Waals surface area contributed by atoms with Crippen molar-refractivity contribution in [2.75, 3.05) is 13.7 Å². The van der Waals surface area contributed by atoms with E-state index in [0.717, 1.165) is 11.1 Å². The fourth-order valence-corrected chi connectivity index (χ4v) is 5.89. The van der Waals surface area contributed by atoms with Crippen molar-refractivity contribution in [1.29, 1.82) is 0 Å². The van der Waals surface area contributed by atoms with Gasteiger partial charge >= 0.3 is 0 Å². The molecule has 2 aliphatic rings. The first kappa shape index (κ1) is 28.8. The smallest absolute Gasteiger partial charge is 0.127 e. The molecule has 5 N–H and O–H groups in total. The molecule has 0 amide bonds. The number of aliphatic imine (C=N–C) groups is 1. The van der Waals surface area contributed by atoms with Gasteiger partial charge < -0.3 is 34.8 Å². The third-order valence-corrected chi connectivity index (χ3v) is 8.27. The summed E-state index contributed by atoms with van der Waals surface area (Å²) in [6.45, 7) is 10.9. The molecule has 2 saturated heterocycles. The number of aryl methyl sites for hydroxylation is 1. The zero-order chi connectivity index (χ0) is 26.7. The van der Waals surface area contributed by atoms with Gasteiger partial charge in [-0.1, -0.05) is 24.4 Å². The third-order valence-electron chi connectivity index (χ3n) is 7.00. The van der Waals surface area contributed by atoms with Gasteiger partial charge in [0.15, 0.2) is 0 Å². The normalized spacial score (nSPS) is 33.8. The fraction of sp³-hybridized carbons (Fsp3) is 0.577. The maximum absolute atomic E-state index is 14.3. The Hall–Kier alpha value is -1.79. The molecule has 0 aromatic heterocycles. The van der Waals surface area contributed by atoms with E-state index in [1.54, 1.807) is 33.3 Å². The zero-order valence-corrected chi connectivity index (χ0v) is 22.3. The molecular weight excluding hydrogens is 485 g/mol. The first-order chi connectivity index (χ1) is 17.0. The predicted molar refractivity (Wildman–Crippen MR) is 141 cm³/mol. The Bertz CT molecular complexity index is 983. The topological polar surface area (TPSA) is 121 Å². The van der Waals surface area contributed by atoms with Crippen LogP contribution in [0.3, 0.4) is 0 Å². The molecule has 8 nitrogen and oxygen atoms in total. The minimum absolute atomic E-state index is 0.289. The predicted octanol–water partition coefficient (Wildman–Crippen LogP) is 2.53. The van der Waals surface area contributed by atoms with Gasteiger partial charge in [-0.25, -0.2) is 10.2 Å². The van der Waals surface area contributed by atoms with E-state index in [2.05, 4.69) is 11.6 Å².